The quantitative estimate of drug-likeness (QED) is 0.713. The highest BCUT2D eigenvalue weighted by molar-refractivity contribution is 9.10. The molecule has 1 nitrogen and oxygen atoms in total. The van der Waals surface area contributed by atoms with Crippen LogP contribution in [0.5, 0.6) is 0 Å². The van der Waals surface area contributed by atoms with Gasteiger partial charge in [0.15, 0.2) is 0 Å². The lowest BCUT2D eigenvalue weighted by Crippen LogP contribution is -1.88. The van der Waals surface area contributed by atoms with E-state index in [4.69, 9.17) is 0 Å². The van der Waals surface area contributed by atoms with Gasteiger partial charge in [-0.3, -0.25) is 0 Å². The van der Waals surface area contributed by atoms with Crippen LogP contribution in [-0.4, -0.2) is 4.98 Å². The zero-order chi connectivity index (χ0) is 11.7. The molecular formula is C15H12BrN. The molecule has 1 N–H and O–H groups in total. The van der Waals surface area contributed by atoms with Gasteiger partial charge in [0.25, 0.3) is 0 Å². The van der Waals surface area contributed by atoms with Crippen LogP contribution in [0.25, 0.3) is 10.9 Å². The second kappa shape index (κ2) is 4.38. The van der Waals surface area contributed by atoms with Crippen molar-refractivity contribution >= 4 is 26.8 Å². The molecule has 0 aliphatic rings. The topological polar surface area (TPSA) is 15.8 Å². The molecule has 2 heteroatoms. The summed E-state index contributed by atoms with van der Waals surface area (Å²) in [6, 6.07) is 18.9. The number of para-hydroxylation sites is 1. The third-order valence-corrected chi connectivity index (χ3v) is 3.70. The summed E-state index contributed by atoms with van der Waals surface area (Å²) in [6.07, 6.45) is 0.927. The van der Waals surface area contributed by atoms with Crippen LogP contribution >= 0.6 is 15.9 Å². The fourth-order valence-corrected chi connectivity index (χ4v) is 2.50. The molecule has 0 atom stereocenters. The smallest absolute Gasteiger partial charge is 0.0456 e. The Bertz CT molecular complexity index is 622. The molecule has 0 aliphatic carbocycles. The van der Waals surface area contributed by atoms with Gasteiger partial charge in [-0.15, -0.1) is 0 Å². The van der Waals surface area contributed by atoms with Crippen molar-refractivity contribution in [1.29, 1.82) is 0 Å². The fourth-order valence-electron chi connectivity index (χ4n) is 2.08. The zero-order valence-electron chi connectivity index (χ0n) is 9.28. The molecule has 1 heterocycles. The van der Waals surface area contributed by atoms with Gasteiger partial charge in [0.05, 0.1) is 0 Å². The maximum Gasteiger partial charge on any atom is 0.0456 e. The van der Waals surface area contributed by atoms with Gasteiger partial charge in [0.2, 0.25) is 0 Å². The van der Waals surface area contributed by atoms with Crippen molar-refractivity contribution < 1.29 is 0 Å². The summed E-state index contributed by atoms with van der Waals surface area (Å²) in [5.74, 6) is 0. The molecule has 0 amide bonds. The lowest BCUT2D eigenvalue weighted by atomic mass is 10.1. The number of rotatable bonds is 2. The third kappa shape index (κ3) is 2.13. The van der Waals surface area contributed by atoms with Crippen LogP contribution in [0.15, 0.2) is 59.1 Å². The molecular weight excluding hydrogens is 274 g/mol. The Morgan fingerprint density at radius 2 is 1.71 bits per heavy atom. The molecule has 0 saturated heterocycles. The van der Waals surface area contributed by atoms with Crippen LogP contribution in [0, 0.1) is 0 Å². The van der Waals surface area contributed by atoms with Gasteiger partial charge in [-0.2, -0.15) is 0 Å². The Balaban J connectivity index is 1.98. The third-order valence-electron chi connectivity index (χ3n) is 2.92. The molecule has 0 fully saturated rings. The number of halogens is 1. The van der Waals surface area contributed by atoms with E-state index in [0.717, 1.165) is 6.42 Å². The van der Waals surface area contributed by atoms with Crippen molar-refractivity contribution in [2.45, 2.75) is 6.42 Å². The number of benzene rings is 2. The van der Waals surface area contributed by atoms with E-state index in [9.17, 15) is 0 Å². The number of hydrogen-bond donors (Lipinski definition) is 1. The Labute approximate surface area is 109 Å². The van der Waals surface area contributed by atoms with Gasteiger partial charge in [0, 0.05) is 22.1 Å². The molecule has 17 heavy (non-hydrogen) atoms. The first-order valence-corrected chi connectivity index (χ1v) is 6.42. The maximum atomic E-state index is 3.58. The van der Waals surface area contributed by atoms with Crippen molar-refractivity contribution in [1.82, 2.24) is 4.98 Å². The minimum atomic E-state index is 0.927. The second-order valence-electron chi connectivity index (χ2n) is 4.15. The summed E-state index contributed by atoms with van der Waals surface area (Å²) in [5, 5.41) is 1.27. The normalized spacial score (nSPS) is 10.9. The predicted molar refractivity (Wildman–Crippen MR) is 75.2 cm³/mol. The summed E-state index contributed by atoms with van der Waals surface area (Å²) < 4.78 is 1.17. The van der Waals surface area contributed by atoms with Gasteiger partial charge in [-0.1, -0.05) is 52.3 Å². The summed E-state index contributed by atoms with van der Waals surface area (Å²) in [6.45, 7) is 0. The Morgan fingerprint density at radius 3 is 2.53 bits per heavy atom. The first kappa shape index (κ1) is 10.6. The first-order valence-electron chi connectivity index (χ1n) is 5.63. The number of aromatic nitrogens is 1. The minimum Gasteiger partial charge on any atom is -0.358 e. The molecule has 0 radical (unpaired) electrons. The van der Waals surface area contributed by atoms with E-state index in [2.05, 4.69) is 69.4 Å². The van der Waals surface area contributed by atoms with Crippen molar-refractivity contribution in [2.24, 2.45) is 0 Å². The Morgan fingerprint density at radius 1 is 0.941 bits per heavy atom. The highest BCUT2D eigenvalue weighted by Crippen LogP contribution is 2.21. The summed E-state index contributed by atoms with van der Waals surface area (Å²) in [4.78, 5) is 3.45. The molecule has 2 aromatic carbocycles. The lowest BCUT2D eigenvalue weighted by molar-refractivity contribution is 1.11. The molecule has 0 aliphatic heterocycles. The summed E-state index contributed by atoms with van der Waals surface area (Å²) >= 11 is 3.58. The molecule has 3 rings (SSSR count). The Hall–Kier alpha value is -1.54. The van der Waals surface area contributed by atoms with E-state index in [-0.39, 0.29) is 0 Å². The van der Waals surface area contributed by atoms with Crippen LogP contribution in [0.3, 0.4) is 0 Å². The SMILES string of the molecule is Brc1ccccc1Cc1cc2ccccc2[nH]1. The number of aromatic amines is 1. The van der Waals surface area contributed by atoms with Crippen LogP contribution in [0.2, 0.25) is 0 Å². The van der Waals surface area contributed by atoms with Crippen molar-refractivity contribution in [3.05, 3.63) is 70.3 Å². The van der Waals surface area contributed by atoms with E-state index in [1.54, 1.807) is 0 Å². The highest BCUT2D eigenvalue weighted by Gasteiger charge is 2.03. The van der Waals surface area contributed by atoms with Crippen LogP contribution in [-0.2, 0) is 6.42 Å². The largest absolute Gasteiger partial charge is 0.358 e. The molecule has 0 bridgehead atoms. The number of nitrogens with one attached hydrogen (secondary N) is 1. The highest BCUT2D eigenvalue weighted by atomic mass is 79.9. The summed E-state index contributed by atoms with van der Waals surface area (Å²) in [7, 11) is 0. The number of hydrogen-bond acceptors (Lipinski definition) is 0. The van der Waals surface area contributed by atoms with E-state index < -0.39 is 0 Å². The average molecular weight is 286 g/mol. The van der Waals surface area contributed by atoms with Gasteiger partial charge in [0.1, 0.15) is 0 Å². The average Bonchev–Trinajstić information content (AvgIpc) is 2.74. The molecule has 0 saturated carbocycles. The van der Waals surface area contributed by atoms with Crippen molar-refractivity contribution in [2.75, 3.05) is 0 Å². The van der Waals surface area contributed by atoms with Gasteiger partial charge < -0.3 is 4.98 Å². The van der Waals surface area contributed by atoms with Gasteiger partial charge in [-0.25, -0.2) is 0 Å². The maximum absolute atomic E-state index is 3.58. The first-order chi connectivity index (χ1) is 8.33. The van der Waals surface area contributed by atoms with E-state index >= 15 is 0 Å². The number of fused-ring (bicyclic) bond motifs is 1. The lowest BCUT2D eigenvalue weighted by Gasteiger charge is -2.01. The molecule has 0 unspecified atom stereocenters. The minimum absolute atomic E-state index is 0.927. The summed E-state index contributed by atoms with van der Waals surface area (Å²) in [5.41, 5.74) is 3.76. The molecule has 3 aromatic rings. The molecule has 0 spiro atoms. The zero-order valence-corrected chi connectivity index (χ0v) is 10.9. The van der Waals surface area contributed by atoms with Crippen LogP contribution in [0.4, 0.5) is 0 Å². The standard InChI is InChI=1S/C15H12BrN/c16-14-7-3-1-5-11(14)9-13-10-12-6-2-4-8-15(12)17-13/h1-8,10,17H,9H2. The fraction of sp³-hybridized carbons (Fsp3) is 0.0667. The molecule has 84 valence electrons. The van der Waals surface area contributed by atoms with Crippen molar-refractivity contribution in [3.63, 3.8) is 0 Å². The van der Waals surface area contributed by atoms with E-state index in [1.807, 2.05) is 6.07 Å². The van der Waals surface area contributed by atoms with Crippen molar-refractivity contribution in [3.8, 4) is 0 Å². The monoisotopic (exact) mass is 285 g/mol. The molecule has 1 aromatic heterocycles. The van der Waals surface area contributed by atoms with E-state index in [1.165, 1.54) is 26.6 Å². The van der Waals surface area contributed by atoms with Crippen LogP contribution in [0.1, 0.15) is 11.3 Å². The van der Waals surface area contributed by atoms with Gasteiger partial charge in [-0.05, 0) is 29.1 Å². The van der Waals surface area contributed by atoms with E-state index in [0.29, 0.717) is 0 Å². The van der Waals surface area contributed by atoms with Crippen LogP contribution < -0.4 is 0 Å². The second-order valence-corrected chi connectivity index (χ2v) is 5.00. The van der Waals surface area contributed by atoms with Gasteiger partial charge >= 0.3 is 0 Å². The number of H-pyrrole nitrogens is 1. The predicted octanol–water partition coefficient (Wildman–Crippen LogP) is 4.52. The Kier molecular flexibility index (Phi) is 2.73.